The number of carbonyl (C=O) groups is 3. The summed E-state index contributed by atoms with van der Waals surface area (Å²) in [5.74, 6) is 0.254. The van der Waals surface area contributed by atoms with Crippen LogP contribution in [0.5, 0.6) is 0 Å². The lowest BCUT2D eigenvalue weighted by atomic mass is 9.89. The summed E-state index contributed by atoms with van der Waals surface area (Å²) in [4.78, 5) is 37.4. The van der Waals surface area contributed by atoms with Gasteiger partial charge < -0.3 is 9.84 Å². The number of aromatic nitrogens is 1. The van der Waals surface area contributed by atoms with Crippen LogP contribution in [0.4, 0.5) is 4.79 Å². The van der Waals surface area contributed by atoms with Gasteiger partial charge in [0.15, 0.2) is 5.69 Å². The minimum Gasteiger partial charge on any atom is -0.361 e. The molecule has 8 heteroatoms. The SMILES string of the molecule is Cc1cc(C(=O)N[C@H]2CCCC[C@H]2N2C(=O)CSC2=O)no1. The van der Waals surface area contributed by atoms with Crippen LogP contribution in [0.25, 0.3) is 0 Å². The number of nitrogens with one attached hydrogen (secondary N) is 1. The molecule has 3 rings (SSSR count). The molecule has 2 aliphatic rings. The summed E-state index contributed by atoms with van der Waals surface area (Å²) in [7, 11) is 0. The van der Waals surface area contributed by atoms with Crippen molar-refractivity contribution in [3.8, 4) is 0 Å². The second kappa shape index (κ2) is 6.12. The zero-order chi connectivity index (χ0) is 15.7. The standard InChI is InChI=1S/C14H17N3O4S/c1-8-6-10(16-21-8)13(19)15-9-4-2-3-5-11(9)17-12(18)7-22-14(17)20/h6,9,11H,2-5,7H2,1H3,(H,15,19)/t9-,11+/m0/s1. The van der Waals surface area contributed by atoms with E-state index in [0.29, 0.717) is 5.76 Å². The van der Waals surface area contributed by atoms with Gasteiger partial charge in [0.25, 0.3) is 11.1 Å². The lowest BCUT2D eigenvalue weighted by molar-refractivity contribution is -0.127. The fraction of sp³-hybridized carbons (Fsp3) is 0.571. The molecule has 1 aromatic heterocycles. The second-order valence-electron chi connectivity index (χ2n) is 5.57. The van der Waals surface area contributed by atoms with Crippen LogP contribution >= 0.6 is 11.8 Å². The minimum atomic E-state index is -0.333. The maximum Gasteiger partial charge on any atom is 0.289 e. The van der Waals surface area contributed by atoms with Gasteiger partial charge in [-0.25, -0.2) is 0 Å². The Morgan fingerprint density at radius 2 is 2.18 bits per heavy atom. The highest BCUT2D eigenvalue weighted by molar-refractivity contribution is 8.14. The van der Waals surface area contributed by atoms with E-state index in [4.69, 9.17) is 4.52 Å². The number of imide groups is 1. The van der Waals surface area contributed by atoms with Crippen LogP contribution in [0.1, 0.15) is 41.9 Å². The van der Waals surface area contributed by atoms with E-state index < -0.39 is 0 Å². The van der Waals surface area contributed by atoms with E-state index in [0.717, 1.165) is 37.4 Å². The fourth-order valence-corrected chi connectivity index (χ4v) is 3.75. The van der Waals surface area contributed by atoms with Crippen molar-refractivity contribution in [2.75, 3.05) is 5.75 Å². The molecular weight excluding hydrogens is 306 g/mol. The van der Waals surface area contributed by atoms with Crippen LogP contribution in [0.3, 0.4) is 0 Å². The number of amides is 3. The van der Waals surface area contributed by atoms with Gasteiger partial charge in [0.05, 0.1) is 17.8 Å². The van der Waals surface area contributed by atoms with E-state index in [1.807, 2.05) is 0 Å². The van der Waals surface area contributed by atoms with Gasteiger partial charge in [-0.1, -0.05) is 29.8 Å². The predicted octanol–water partition coefficient (Wildman–Crippen LogP) is 1.72. The Labute approximate surface area is 131 Å². The second-order valence-corrected chi connectivity index (χ2v) is 6.50. The lowest BCUT2D eigenvalue weighted by Gasteiger charge is -2.36. The molecular formula is C14H17N3O4S. The number of hydrogen-bond donors (Lipinski definition) is 1. The van der Waals surface area contributed by atoms with Crippen molar-refractivity contribution in [2.45, 2.75) is 44.7 Å². The van der Waals surface area contributed by atoms with Gasteiger partial charge in [-0.3, -0.25) is 19.3 Å². The zero-order valence-corrected chi connectivity index (χ0v) is 13.0. The lowest BCUT2D eigenvalue weighted by Crippen LogP contribution is -2.54. The largest absolute Gasteiger partial charge is 0.361 e. The van der Waals surface area contributed by atoms with Gasteiger partial charge >= 0.3 is 0 Å². The van der Waals surface area contributed by atoms with Crippen molar-refractivity contribution in [3.05, 3.63) is 17.5 Å². The summed E-state index contributed by atoms with van der Waals surface area (Å²) >= 11 is 1.03. The molecule has 0 aromatic carbocycles. The summed E-state index contributed by atoms with van der Waals surface area (Å²) in [6.07, 6.45) is 3.38. The van der Waals surface area contributed by atoms with Crippen molar-refractivity contribution < 1.29 is 18.9 Å². The van der Waals surface area contributed by atoms with Gasteiger partial charge in [-0.2, -0.15) is 0 Å². The molecule has 118 valence electrons. The molecule has 2 atom stereocenters. The highest BCUT2D eigenvalue weighted by atomic mass is 32.2. The number of aryl methyl sites for hydroxylation is 1. The van der Waals surface area contributed by atoms with Gasteiger partial charge in [0.1, 0.15) is 5.76 Å². The van der Waals surface area contributed by atoms with Crippen molar-refractivity contribution in [1.29, 1.82) is 0 Å². The highest BCUT2D eigenvalue weighted by Crippen LogP contribution is 2.30. The van der Waals surface area contributed by atoms with E-state index in [1.165, 1.54) is 4.90 Å². The molecule has 1 N–H and O–H groups in total. The minimum absolute atomic E-state index is 0.168. The third-order valence-corrected chi connectivity index (χ3v) is 4.86. The average molecular weight is 323 g/mol. The van der Waals surface area contributed by atoms with Crippen LogP contribution in [0.15, 0.2) is 10.6 Å². The first-order chi connectivity index (χ1) is 10.6. The first-order valence-corrected chi connectivity index (χ1v) is 8.28. The summed E-state index contributed by atoms with van der Waals surface area (Å²) < 4.78 is 4.90. The monoisotopic (exact) mass is 323 g/mol. The molecule has 22 heavy (non-hydrogen) atoms. The van der Waals surface area contributed by atoms with Crippen molar-refractivity contribution in [2.24, 2.45) is 0 Å². The Balaban J connectivity index is 1.74. The number of carbonyl (C=O) groups excluding carboxylic acids is 3. The molecule has 1 aliphatic heterocycles. The number of thioether (sulfide) groups is 1. The van der Waals surface area contributed by atoms with E-state index in [1.54, 1.807) is 13.0 Å². The van der Waals surface area contributed by atoms with E-state index in [-0.39, 0.29) is 40.6 Å². The normalized spacial score (nSPS) is 25.6. The molecule has 0 bridgehead atoms. The molecule has 0 spiro atoms. The molecule has 2 heterocycles. The Hall–Kier alpha value is -1.83. The molecule has 2 fully saturated rings. The summed E-state index contributed by atoms with van der Waals surface area (Å²) in [6.45, 7) is 1.71. The molecule has 0 radical (unpaired) electrons. The Bertz CT molecular complexity index is 599. The van der Waals surface area contributed by atoms with Crippen molar-refractivity contribution in [1.82, 2.24) is 15.4 Å². The van der Waals surface area contributed by atoms with Gasteiger partial charge in [-0.05, 0) is 19.8 Å². The van der Waals surface area contributed by atoms with Gasteiger partial charge in [-0.15, -0.1) is 0 Å². The van der Waals surface area contributed by atoms with Crippen molar-refractivity contribution in [3.63, 3.8) is 0 Å². The summed E-state index contributed by atoms with van der Waals surface area (Å²) in [6, 6.07) is 1.07. The molecule has 1 saturated heterocycles. The van der Waals surface area contributed by atoms with Crippen molar-refractivity contribution >= 4 is 28.8 Å². The molecule has 0 unspecified atom stereocenters. The first kappa shape index (κ1) is 15.1. The number of hydrogen-bond acceptors (Lipinski definition) is 6. The maximum absolute atomic E-state index is 12.2. The third kappa shape index (κ3) is 2.87. The maximum atomic E-state index is 12.2. The molecule has 3 amide bonds. The average Bonchev–Trinajstić information content (AvgIpc) is 3.06. The zero-order valence-electron chi connectivity index (χ0n) is 12.2. The molecule has 1 aliphatic carbocycles. The predicted molar refractivity (Wildman–Crippen MR) is 79.5 cm³/mol. The Morgan fingerprint density at radius 1 is 1.41 bits per heavy atom. The van der Waals surface area contributed by atoms with Gasteiger partial charge in [0.2, 0.25) is 5.91 Å². The molecule has 1 aromatic rings. The van der Waals surface area contributed by atoms with Crippen LogP contribution < -0.4 is 5.32 Å². The Morgan fingerprint density at radius 3 is 2.82 bits per heavy atom. The first-order valence-electron chi connectivity index (χ1n) is 7.29. The van der Waals surface area contributed by atoms with E-state index in [2.05, 4.69) is 10.5 Å². The van der Waals surface area contributed by atoms with Crippen LogP contribution in [-0.4, -0.2) is 44.9 Å². The quantitative estimate of drug-likeness (QED) is 0.910. The number of rotatable bonds is 3. The smallest absolute Gasteiger partial charge is 0.289 e. The molecule has 1 saturated carbocycles. The third-order valence-electron chi connectivity index (χ3n) is 4.02. The van der Waals surface area contributed by atoms with E-state index >= 15 is 0 Å². The number of nitrogens with zero attached hydrogens (tertiary/aromatic N) is 2. The Kier molecular flexibility index (Phi) is 4.19. The van der Waals surface area contributed by atoms with E-state index in [9.17, 15) is 14.4 Å². The van der Waals surface area contributed by atoms with Crippen LogP contribution in [0, 0.1) is 6.92 Å². The topological polar surface area (TPSA) is 92.5 Å². The molecule has 7 nitrogen and oxygen atoms in total. The summed E-state index contributed by atoms with van der Waals surface area (Å²) in [5, 5.41) is 6.38. The van der Waals surface area contributed by atoms with Gasteiger partial charge in [0, 0.05) is 6.07 Å². The van der Waals surface area contributed by atoms with Crippen LogP contribution in [0.2, 0.25) is 0 Å². The highest BCUT2D eigenvalue weighted by Gasteiger charge is 2.41. The summed E-state index contributed by atoms with van der Waals surface area (Å²) in [5.41, 5.74) is 0.218. The van der Waals surface area contributed by atoms with Crippen LogP contribution in [-0.2, 0) is 4.79 Å². The fourth-order valence-electron chi connectivity index (χ4n) is 2.99.